The molecule has 6 nitrogen and oxygen atoms in total. The third-order valence-corrected chi connectivity index (χ3v) is 6.75. The minimum Gasteiger partial charge on any atom is -0.497 e. The molecule has 1 atom stereocenters. The van der Waals surface area contributed by atoms with Crippen LogP contribution in [0, 0.1) is 0 Å². The predicted molar refractivity (Wildman–Crippen MR) is 138 cm³/mol. The molecular formula is C25H21Cl2N3O3S. The van der Waals surface area contributed by atoms with E-state index in [0.29, 0.717) is 33.1 Å². The van der Waals surface area contributed by atoms with Crippen LogP contribution in [-0.2, 0) is 16.1 Å². The molecule has 0 saturated carbocycles. The van der Waals surface area contributed by atoms with Gasteiger partial charge in [-0.1, -0.05) is 53.2 Å². The van der Waals surface area contributed by atoms with Gasteiger partial charge >= 0.3 is 0 Å². The molecule has 0 aromatic heterocycles. The summed E-state index contributed by atoms with van der Waals surface area (Å²) in [7, 11) is 1.60. The Bertz CT molecular complexity index is 1220. The van der Waals surface area contributed by atoms with Gasteiger partial charge in [0.25, 0.3) is 0 Å². The number of ether oxygens (including phenoxy) is 1. The Morgan fingerprint density at radius 2 is 1.82 bits per heavy atom. The highest BCUT2D eigenvalue weighted by Crippen LogP contribution is 2.32. The van der Waals surface area contributed by atoms with E-state index in [1.165, 1.54) is 11.8 Å². The second-order valence-corrected chi connectivity index (χ2v) is 9.55. The van der Waals surface area contributed by atoms with Crippen LogP contribution >= 0.6 is 35.0 Å². The van der Waals surface area contributed by atoms with Crippen molar-refractivity contribution >= 4 is 63.3 Å². The highest BCUT2D eigenvalue weighted by Gasteiger charge is 2.36. The maximum atomic E-state index is 13.2. The Balaban J connectivity index is 1.59. The highest BCUT2D eigenvalue weighted by atomic mass is 35.5. The summed E-state index contributed by atoms with van der Waals surface area (Å²) in [5.41, 5.74) is 2.12. The smallest absolute Gasteiger partial charge is 0.238 e. The SMILES string of the molecule is COc1ccc(CN2C(=O)CC(C(=O)Nc3ccc(Cl)cc3)SC2=Nc2cccc(Cl)c2)cc1. The quantitative estimate of drug-likeness (QED) is 0.428. The van der Waals surface area contributed by atoms with Gasteiger partial charge in [-0.3, -0.25) is 14.5 Å². The number of anilines is 1. The summed E-state index contributed by atoms with van der Waals surface area (Å²) in [5.74, 6) is 0.269. The Kier molecular flexibility index (Phi) is 7.77. The van der Waals surface area contributed by atoms with Gasteiger partial charge in [0.2, 0.25) is 11.8 Å². The molecule has 2 amide bonds. The normalized spacial score (nSPS) is 17.0. The molecule has 1 aliphatic rings. The number of benzene rings is 3. The van der Waals surface area contributed by atoms with Gasteiger partial charge in [-0.05, 0) is 60.2 Å². The Labute approximate surface area is 211 Å². The summed E-state index contributed by atoms with van der Waals surface area (Å²) in [4.78, 5) is 32.4. The Hall–Kier alpha value is -3.00. The van der Waals surface area contributed by atoms with E-state index in [4.69, 9.17) is 27.9 Å². The maximum Gasteiger partial charge on any atom is 0.238 e. The van der Waals surface area contributed by atoms with E-state index in [0.717, 1.165) is 11.3 Å². The number of halogens is 2. The molecule has 0 spiro atoms. The molecule has 4 rings (SSSR count). The van der Waals surface area contributed by atoms with Crippen molar-refractivity contribution in [2.75, 3.05) is 12.4 Å². The number of rotatable bonds is 6. The number of aliphatic imine (C=N–C) groups is 1. The van der Waals surface area contributed by atoms with E-state index in [2.05, 4.69) is 10.3 Å². The van der Waals surface area contributed by atoms with Crippen molar-refractivity contribution < 1.29 is 14.3 Å². The molecule has 34 heavy (non-hydrogen) atoms. The van der Waals surface area contributed by atoms with E-state index in [-0.39, 0.29) is 18.2 Å². The number of carbonyl (C=O) groups excluding carboxylic acids is 2. The van der Waals surface area contributed by atoms with E-state index in [9.17, 15) is 9.59 Å². The van der Waals surface area contributed by atoms with Gasteiger partial charge in [-0.2, -0.15) is 0 Å². The van der Waals surface area contributed by atoms with E-state index in [1.54, 1.807) is 60.5 Å². The van der Waals surface area contributed by atoms with Crippen LogP contribution < -0.4 is 10.1 Å². The fourth-order valence-corrected chi connectivity index (χ4v) is 4.73. The van der Waals surface area contributed by atoms with Crippen LogP contribution in [0.15, 0.2) is 77.8 Å². The summed E-state index contributed by atoms with van der Waals surface area (Å²) >= 11 is 13.3. The van der Waals surface area contributed by atoms with Crippen LogP contribution in [0.4, 0.5) is 11.4 Å². The zero-order chi connectivity index (χ0) is 24.1. The number of thioether (sulfide) groups is 1. The average molecular weight is 514 g/mol. The lowest BCUT2D eigenvalue weighted by Crippen LogP contribution is -2.44. The molecule has 3 aromatic rings. The fourth-order valence-electron chi connectivity index (χ4n) is 3.32. The number of nitrogens with one attached hydrogen (secondary N) is 1. The minimum atomic E-state index is -0.631. The van der Waals surface area contributed by atoms with Crippen LogP contribution in [0.1, 0.15) is 12.0 Å². The van der Waals surface area contributed by atoms with Crippen molar-refractivity contribution in [3.05, 3.63) is 88.4 Å². The van der Waals surface area contributed by atoms with Crippen LogP contribution in [0.3, 0.4) is 0 Å². The van der Waals surface area contributed by atoms with Crippen LogP contribution in [0.2, 0.25) is 10.0 Å². The predicted octanol–water partition coefficient (Wildman–Crippen LogP) is 6.16. The first kappa shape index (κ1) is 24.1. The van der Waals surface area contributed by atoms with Gasteiger partial charge in [0.05, 0.1) is 19.3 Å². The fraction of sp³-hybridized carbons (Fsp3) is 0.160. The first-order valence-electron chi connectivity index (χ1n) is 10.4. The average Bonchev–Trinajstić information content (AvgIpc) is 2.83. The number of carbonyl (C=O) groups is 2. The lowest BCUT2D eigenvalue weighted by Gasteiger charge is -2.32. The van der Waals surface area contributed by atoms with Crippen molar-refractivity contribution in [3.63, 3.8) is 0 Å². The van der Waals surface area contributed by atoms with Gasteiger partial charge < -0.3 is 10.1 Å². The summed E-state index contributed by atoms with van der Waals surface area (Å²) in [6.45, 7) is 0.320. The molecule has 0 aliphatic carbocycles. The number of nitrogens with zero attached hydrogens (tertiary/aromatic N) is 2. The number of methoxy groups -OCH3 is 1. The number of amides is 2. The highest BCUT2D eigenvalue weighted by molar-refractivity contribution is 8.15. The molecule has 3 aromatic carbocycles. The minimum absolute atomic E-state index is 0.0504. The standard InChI is InChI=1S/C25H21Cl2N3O3S/c1-33-21-11-5-16(6-12-21)15-30-23(31)14-22(24(32)28-19-9-7-17(26)8-10-19)34-25(30)29-20-4-2-3-18(27)13-20/h2-13,22H,14-15H2,1H3,(H,28,32). The second-order valence-electron chi connectivity index (χ2n) is 7.51. The first-order chi connectivity index (χ1) is 16.4. The van der Waals surface area contributed by atoms with Gasteiger partial charge in [-0.25, -0.2) is 4.99 Å². The number of hydrogen-bond acceptors (Lipinski definition) is 5. The summed E-state index contributed by atoms with van der Waals surface area (Å²) in [6, 6.07) is 21.3. The third-order valence-electron chi connectivity index (χ3n) is 5.08. The van der Waals surface area contributed by atoms with E-state index in [1.807, 2.05) is 24.3 Å². The molecule has 9 heteroatoms. The third kappa shape index (κ3) is 6.11. The molecule has 174 valence electrons. The largest absolute Gasteiger partial charge is 0.497 e. The topological polar surface area (TPSA) is 71.0 Å². The number of amidine groups is 1. The zero-order valence-electron chi connectivity index (χ0n) is 18.2. The molecule has 1 fully saturated rings. The molecular weight excluding hydrogens is 493 g/mol. The van der Waals surface area contributed by atoms with Crippen LogP contribution in [0.5, 0.6) is 5.75 Å². The molecule has 0 bridgehead atoms. The summed E-state index contributed by atoms with van der Waals surface area (Å²) < 4.78 is 5.21. The summed E-state index contributed by atoms with van der Waals surface area (Å²) in [5, 5.41) is 3.76. The molecule has 1 unspecified atom stereocenters. The van der Waals surface area contributed by atoms with Crippen molar-refractivity contribution in [1.82, 2.24) is 4.90 Å². The van der Waals surface area contributed by atoms with Gasteiger partial charge in [0.1, 0.15) is 11.0 Å². The molecule has 1 saturated heterocycles. The van der Waals surface area contributed by atoms with E-state index < -0.39 is 5.25 Å². The van der Waals surface area contributed by atoms with Crippen LogP contribution in [0.25, 0.3) is 0 Å². The molecule has 1 heterocycles. The van der Waals surface area contributed by atoms with Crippen LogP contribution in [-0.4, -0.2) is 34.2 Å². The zero-order valence-corrected chi connectivity index (χ0v) is 20.5. The lowest BCUT2D eigenvalue weighted by molar-refractivity contribution is -0.129. The lowest BCUT2D eigenvalue weighted by atomic mass is 10.2. The monoisotopic (exact) mass is 513 g/mol. The van der Waals surface area contributed by atoms with Gasteiger partial charge in [-0.15, -0.1) is 0 Å². The van der Waals surface area contributed by atoms with Crippen molar-refractivity contribution in [2.45, 2.75) is 18.2 Å². The first-order valence-corrected chi connectivity index (χ1v) is 12.1. The van der Waals surface area contributed by atoms with Gasteiger partial charge in [0.15, 0.2) is 5.17 Å². The molecule has 1 aliphatic heterocycles. The maximum absolute atomic E-state index is 13.2. The van der Waals surface area contributed by atoms with Crippen molar-refractivity contribution in [3.8, 4) is 5.75 Å². The Morgan fingerprint density at radius 3 is 2.50 bits per heavy atom. The number of hydrogen-bond donors (Lipinski definition) is 1. The summed E-state index contributed by atoms with van der Waals surface area (Å²) in [6.07, 6.45) is 0.0504. The van der Waals surface area contributed by atoms with Crippen molar-refractivity contribution in [1.29, 1.82) is 0 Å². The van der Waals surface area contributed by atoms with Gasteiger partial charge in [0, 0.05) is 22.2 Å². The Morgan fingerprint density at radius 1 is 1.09 bits per heavy atom. The molecule has 1 N–H and O–H groups in total. The van der Waals surface area contributed by atoms with E-state index >= 15 is 0 Å². The van der Waals surface area contributed by atoms with Crippen molar-refractivity contribution in [2.24, 2.45) is 4.99 Å². The molecule has 0 radical (unpaired) electrons. The second kappa shape index (κ2) is 11.0.